The maximum atomic E-state index is 12.4. The van der Waals surface area contributed by atoms with Crippen molar-refractivity contribution in [3.05, 3.63) is 39.9 Å². The number of benzene rings is 1. The summed E-state index contributed by atoms with van der Waals surface area (Å²) < 4.78 is 0. The number of nitro benzene ring substituents is 1. The lowest BCUT2D eigenvalue weighted by atomic mass is 10.0. The molecule has 6 nitrogen and oxygen atoms in total. The number of nitrogens with two attached hydrogens (primary N) is 1. The SMILES string of the molecule is CC(N)C(C)C(=O)N(Cc1ccc([N+](=O)[O-])cc1)C(C)C. The average molecular weight is 293 g/mol. The van der Waals surface area contributed by atoms with Crippen LogP contribution in [0.15, 0.2) is 24.3 Å². The van der Waals surface area contributed by atoms with E-state index in [0.29, 0.717) is 6.54 Å². The Bertz CT molecular complexity index is 497. The van der Waals surface area contributed by atoms with Gasteiger partial charge in [0.1, 0.15) is 0 Å². The summed E-state index contributed by atoms with van der Waals surface area (Å²) in [4.78, 5) is 24.4. The van der Waals surface area contributed by atoms with E-state index in [1.54, 1.807) is 17.0 Å². The summed E-state index contributed by atoms with van der Waals surface area (Å²) in [7, 11) is 0. The topological polar surface area (TPSA) is 89.5 Å². The Morgan fingerprint density at radius 3 is 2.14 bits per heavy atom. The van der Waals surface area contributed by atoms with E-state index in [2.05, 4.69) is 0 Å². The molecule has 2 N–H and O–H groups in total. The summed E-state index contributed by atoms with van der Waals surface area (Å²) in [6.45, 7) is 7.94. The van der Waals surface area contributed by atoms with E-state index in [4.69, 9.17) is 5.73 Å². The Labute approximate surface area is 125 Å². The fraction of sp³-hybridized carbons (Fsp3) is 0.533. The molecule has 0 saturated heterocycles. The number of rotatable bonds is 6. The van der Waals surface area contributed by atoms with E-state index in [0.717, 1.165) is 5.56 Å². The predicted octanol–water partition coefficient (Wildman–Crippen LogP) is 2.32. The smallest absolute Gasteiger partial charge is 0.269 e. The number of nitrogens with zero attached hydrogens (tertiary/aromatic N) is 2. The van der Waals surface area contributed by atoms with Crippen molar-refractivity contribution < 1.29 is 9.72 Å². The van der Waals surface area contributed by atoms with Crippen LogP contribution < -0.4 is 5.73 Å². The highest BCUT2D eigenvalue weighted by molar-refractivity contribution is 5.79. The van der Waals surface area contributed by atoms with Crippen LogP contribution in [-0.4, -0.2) is 27.8 Å². The lowest BCUT2D eigenvalue weighted by molar-refractivity contribution is -0.384. The summed E-state index contributed by atoms with van der Waals surface area (Å²) in [5.41, 5.74) is 6.71. The minimum atomic E-state index is -0.437. The molecule has 0 heterocycles. The van der Waals surface area contributed by atoms with Gasteiger partial charge in [-0.25, -0.2) is 0 Å². The van der Waals surface area contributed by atoms with Crippen LogP contribution in [0, 0.1) is 16.0 Å². The molecule has 1 amide bonds. The molecule has 2 atom stereocenters. The Kier molecular flexibility index (Phi) is 5.84. The maximum Gasteiger partial charge on any atom is 0.269 e. The number of carbonyl (C=O) groups excluding carboxylic acids is 1. The highest BCUT2D eigenvalue weighted by Gasteiger charge is 2.25. The Morgan fingerprint density at radius 1 is 1.24 bits per heavy atom. The fourth-order valence-electron chi connectivity index (χ4n) is 1.92. The van der Waals surface area contributed by atoms with Gasteiger partial charge in [0, 0.05) is 30.8 Å². The molecule has 0 bridgehead atoms. The predicted molar refractivity (Wildman–Crippen MR) is 81.6 cm³/mol. The molecule has 1 aromatic carbocycles. The van der Waals surface area contributed by atoms with Crippen LogP contribution in [0.3, 0.4) is 0 Å². The standard InChI is InChI=1S/C15H23N3O3/c1-10(2)17(15(19)11(3)12(4)16)9-13-5-7-14(8-6-13)18(20)21/h5-8,10-12H,9,16H2,1-4H3. The van der Waals surface area contributed by atoms with Crippen LogP contribution >= 0.6 is 0 Å². The molecule has 0 spiro atoms. The Morgan fingerprint density at radius 2 is 1.76 bits per heavy atom. The third-order valence-corrected chi connectivity index (χ3v) is 3.58. The van der Waals surface area contributed by atoms with E-state index < -0.39 is 4.92 Å². The molecule has 0 saturated carbocycles. The molecule has 0 aliphatic carbocycles. The zero-order chi connectivity index (χ0) is 16.2. The van der Waals surface area contributed by atoms with Gasteiger partial charge in [-0.1, -0.05) is 19.1 Å². The summed E-state index contributed by atoms with van der Waals surface area (Å²) in [5.74, 6) is -0.260. The lowest BCUT2D eigenvalue weighted by Crippen LogP contribution is -2.44. The second kappa shape index (κ2) is 7.17. The van der Waals surface area contributed by atoms with Gasteiger partial charge in [-0.2, -0.15) is 0 Å². The monoisotopic (exact) mass is 293 g/mol. The molecule has 1 aromatic rings. The highest BCUT2D eigenvalue weighted by Crippen LogP contribution is 2.17. The molecule has 2 unspecified atom stereocenters. The maximum absolute atomic E-state index is 12.4. The molecule has 6 heteroatoms. The summed E-state index contributed by atoms with van der Waals surface area (Å²) >= 11 is 0. The minimum Gasteiger partial charge on any atom is -0.336 e. The second-order valence-corrected chi connectivity index (χ2v) is 5.63. The van der Waals surface area contributed by atoms with E-state index in [1.807, 2.05) is 27.7 Å². The van der Waals surface area contributed by atoms with Crippen LogP contribution in [0.4, 0.5) is 5.69 Å². The van der Waals surface area contributed by atoms with Crippen LogP contribution in [0.2, 0.25) is 0 Å². The van der Waals surface area contributed by atoms with Gasteiger partial charge in [-0.15, -0.1) is 0 Å². The van der Waals surface area contributed by atoms with Gasteiger partial charge >= 0.3 is 0 Å². The molecule has 116 valence electrons. The van der Waals surface area contributed by atoms with Gasteiger partial charge in [0.25, 0.3) is 5.69 Å². The van der Waals surface area contributed by atoms with Crippen molar-refractivity contribution in [3.8, 4) is 0 Å². The van der Waals surface area contributed by atoms with Crippen molar-refractivity contribution in [2.75, 3.05) is 0 Å². The van der Waals surface area contributed by atoms with Gasteiger partial charge in [-0.05, 0) is 26.3 Å². The van der Waals surface area contributed by atoms with Gasteiger partial charge in [0.2, 0.25) is 5.91 Å². The number of nitro groups is 1. The van der Waals surface area contributed by atoms with Gasteiger partial charge in [0.15, 0.2) is 0 Å². The molecule has 21 heavy (non-hydrogen) atoms. The number of non-ortho nitro benzene ring substituents is 1. The third kappa shape index (κ3) is 4.53. The molecule has 0 fully saturated rings. The van der Waals surface area contributed by atoms with E-state index >= 15 is 0 Å². The molecule has 0 radical (unpaired) electrons. The summed E-state index contributed by atoms with van der Waals surface area (Å²) in [6.07, 6.45) is 0. The van der Waals surface area contributed by atoms with Crippen molar-refractivity contribution in [1.29, 1.82) is 0 Å². The summed E-state index contributed by atoms with van der Waals surface area (Å²) in [6, 6.07) is 6.08. The van der Waals surface area contributed by atoms with Gasteiger partial charge in [0.05, 0.1) is 10.8 Å². The van der Waals surface area contributed by atoms with Crippen molar-refractivity contribution in [2.45, 2.75) is 46.3 Å². The van der Waals surface area contributed by atoms with Crippen LogP contribution in [-0.2, 0) is 11.3 Å². The van der Waals surface area contributed by atoms with Crippen molar-refractivity contribution in [2.24, 2.45) is 11.7 Å². The molecular formula is C15H23N3O3. The van der Waals surface area contributed by atoms with Crippen LogP contribution in [0.1, 0.15) is 33.3 Å². The Hall–Kier alpha value is -1.95. The van der Waals surface area contributed by atoms with Gasteiger partial charge in [-0.3, -0.25) is 14.9 Å². The third-order valence-electron chi connectivity index (χ3n) is 3.58. The average Bonchev–Trinajstić information content (AvgIpc) is 2.43. The zero-order valence-corrected chi connectivity index (χ0v) is 12.9. The summed E-state index contributed by atoms with van der Waals surface area (Å²) in [5, 5.41) is 10.6. The van der Waals surface area contributed by atoms with E-state index in [9.17, 15) is 14.9 Å². The van der Waals surface area contributed by atoms with Crippen LogP contribution in [0.5, 0.6) is 0 Å². The van der Waals surface area contributed by atoms with Crippen LogP contribution in [0.25, 0.3) is 0 Å². The lowest BCUT2D eigenvalue weighted by Gasteiger charge is -2.30. The second-order valence-electron chi connectivity index (χ2n) is 5.63. The first-order valence-corrected chi connectivity index (χ1v) is 7.03. The van der Waals surface area contributed by atoms with E-state index in [-0.39, 0.29) is 29.6 Å². The molecule has 1 rings (SSSR count). The molecule has 0 aliphatic heterocycles. The fourth-order valence-corrected chi connectivity index (χ4v) is 1.92. The zero-order valence-electron chi connectivity index (χ0n) is 12.9. The first-order chi connectivity index (χ1) is 9.73. The minimum absolute atomic E-state index is 0.00153. The Balaban J connectivity index is 2.88. The largest absolute Gasteiger partial charge is 0.336 e. The quantitative estimate of drug-likeness (QED) is 0.643. The molecular weight excluding hydrogens is 270 g/mol. The number of hydrogen-bond donors (Lipinski definition) is 1. The molecule has 0 aromatic heterocycles. The normalized spacial score (nSPS) is 13.8. The van der Waals surface area contributed by atoms with Gasteiger partial charge < -0.3 is 10.6 Å². The van der Waals surface area contributed by atoms with Crippen molar-refractivity contribution in [3.63, 3.8) is 0 Å². The first kappa shape index (κ1) is 17.1. The highest BCUT2D eigenvalue weighted by atomic mass is 16.6. The van der Waals surface area contributed by atoms with Crippen molar-refractivity contribution in [1.82, 2.24) is 4.90 Å². The number of carbonyl (C=O) groups is 1. The molecule has 0 aliphatic rings. The van der Waals surface area contributed by atoms with E-state index in [1.165, 1.54) is 12.1 Å². The number of hydrogen-bond acceptors (Lipinski definition) is 4. The first-order valence-electron chi connectivity index (χ1n) is 7.03. The van der Waals surface area contributed by atoms with Crippen molar-refractivity contribution >= 4 is 11.6 Å². The number of amides is 1.